The van der Waals surface area contributed by atoms with E-state index < -0.39 is 0 Å². The molecule has 3 saturated carbocycles. The fourth-order valence-electron chi connectivity index (χ4n) is 5.65. The van der Waals surface area contributed by atoms with Crippen LogP contribution in [0, 0.1) is 22.2 Å². The maximum absolute atomic E-state index is 4.33. The Hall–Kier alpha value is -0.260. The van der Waals surface area contributed by atoms with Gasteiger partial charge in [0.1, 0.15) is 0 Å². The van der Waals surface area contributed by atoms with Crippen molar-refractivity contribution in [2.75, 3.05) is 0 Å². The highest BCUT2D eigenvalue weighted by Crippen LogP contribution is 2.78. The topological polar surface area (TPSA) is 0 Å². The van der Waals surface area contributed by atoms with Crippen LogP contribution in [0.2, 0.25) is 0 Å². The average Bonchev–Trinajstić information content (AvgIpc) is 2.45. The minimum Gasteiger partial charge on any atom is -0.0996 e. The molecule has 0 aromatic heterocycles. The van der Waals surface area contributed by atoms with Crippen LogP contribution < -0.4 is 0 Å². The van der Waals surface area contributed by atoms with Crippen molar-refractivity contribution < 1.29 is 0 Å². The fraction of sp³-hybridized carbons (Fsp3) is 0.867. The standard InChI is InChI=1S/C15H24/c1-11(2)15-8-5-7-14(4)12(15)6-9-13(14,3)10-15/h12H,1,5-10H2,2-4H3/t12?,13-,14?,15-/m0/s1. The summed E-state index contributed by atoms with van der Waals surface area (Å²) in [6, 6.07) is 0. The van der Waals surface area contributed by atoms with Crippen molar-refractivity contribution in [3.8, 4) is 0 Å². The third-order valence-electron chi connectivity index (χ3n) is 6.67. The number of hydrogen-bond donors (Lipinski definition) is 0. The van der Waals surface area contributed by atoms with E-state index in [1.54, 1.807) is 0 Å². The first-order chi connectivity index (χ1) is 6.95. The molecule has 3 fully saturated rings. The fourth-order valence-corrected chi connectivity index (χ4v) is 5.65. The van der Waals surface area contributed by atoms with E-state index in [0.29, 0.717) is 16.2 Å². The van der Waals surface area contributed by atoms with Crippen LogP contribution in [-0.2, 0) is 0 Å². The largest absolute Gasteiger partial charge is 0.0996 e. The predicted molar refractivity (Wildman–Crippen MR) is 64.7 cm³/mol. The van der Waals surface area contributed by atoms with Crippen molar-refractivity contribution in [1.82, 2.24) is 0 Å². The normalized spacial score (nSPS) is 57.1. The molecule has 0 aromatic rings. The second kappa shape index (κ2) is 2.52. The van der Waals surface area contributed by atoms with Gasteiger partial charge in [0.15, 0.2) is 0 Å². The molecule has 0 spiro atoms. The van der Waals surface area contributed by atoms with Crippen molar-refractivity contribution >= 4 is 0 Å². The molecule has 0 nitrogen and oxygen atoms in total. The van der Waals surface area contributed by atoms with Gasteiger partial charge in [-0.05, 0) is 61.2 Å². The average molecular weight is 204 g/mol. The summed E-state index contributed by atoms with van der Waals surface area (Å²) in [4.78, 5) is 0. The lowest BCUT2D eigenvalue weighted by Crippen LogP contribution is -2.37. The van der Waals surface area contributed by atoms with Gasteiger partial charge in [-0.25, -0.2) is 0 Å². The van der Waals surface area contributed by atoms with E-state index >= 15 is 0 Å². The summed E-state index contributed by atoms with van der Waals surface area (Å²) in [7, 11) is 0. The summed E-state index contributed by atoms with van der Waals surface area (Å²) in [5.74, 6) is 0.959. The number of rotatable bonds is 1. The van der Waals surface area contributed by atoms with E-state index in [1.165, 1.54) is 44.1 Å². The van der Waals surface area contributed by atoms with E-state index in [1.807, 2.05) is 0 Å². The maximum atomic E-state index is 4.33. The zero-order valence-electron chi connectivity index (χ0n) is 10.5. The Kier molecular flexibility index (Phi) is 1.67. The molecule has 4 bridgehead atoms. The lowest BCUT2D eigenvalue weighted by molar-refractivity contribution is 0.0726. The molecule has 0 saturated heterocycles. The zero-order valence-corrected chi connectivity index (χ0v) is 10.5. The van der Waals surface area contributed by atoms with Crippen molar-refractivity contribution in [1.29, 1.82) is 0 Å². The lowest BCUT2D eigenvalue weighted by Gasteiger charge is -2.45. The van der Waals surface area contributed by atoms with Crippen molar-refractivity contribution in [3.05, 3.63) is 12.2 Å². The smallest absolute Gasteiger partial charge is 0.00545 e. The molecule has 4 atom stereocenters. The molecule has 2 unspecified atom stereocenters. The molecule has 0 aliphatic heterocycles. The minimum absolute atomic E-state index is 0.542. The summed E-state index contributed by atoms with van der Waals surface area (Å²) in [6.45, 7) is 11.8. The van der Waals surface area contributed by atoms with Gasteiger partial charge in [0, 0.05) is 0 Å². The minimum atomic E-state index is 0.542. The first-order valence-electron chi connectivity index (χ1n) is 6.61. The van der Waals surface area contributed by atoms with Crippen LogP contribution in [-0.4, -0.2) is 0 Å². The quantitative estimate of drug-likeness (QED) is 0.549. The summed E-state index contributed by atoms with van der Waals surface area (Å²) in [6.07, 6.45) is 8.73. The van der Waals surface area contributed by atoms with Crippen LogP contribution in [0.25, 0.3) is 0 Å². The van der Waals surface area contributed by atoms with Gasteiger partial charge in [-0.3, -0.25) is 0 Å². The van der Waals surface area contributed by atoms with Crippen LogP contribution >= 0.6 is 0 Å². The Bertz CT molecular complexity index is 329. The van der Waals surface area contributed by atoms with Gasteiger partial charge in [-0.1, -0.05) is 32.4 Å². The predicted octanol–water partition coefficient (Wildman–Crippen LogP) is 4.56. The summed E-state index contributed by atoms with van der Waals surface area (Å²) in [5.41, 5.74) is 3.30. The Balaban J connectivity index is 2.14. The second-order valence-corrected chi connectivity index (χ2v) is 7.04. The SMILES string of the molecule is C=C(C)[C@@]12CCCC3(C)C1CC[C@@]3(C)C2. The van der Waals surface area contributed by atoms with Crippen molar-refractivity contribution in [3.63, 3.8) is 0 Å². The Morgan fingerprint density at radius 2 is 1.93 bits per heavy atom. The van der Waals surface area contributed by atoms with Gasteiger partial charge < -0.3 is 0 Å². The molecular formula is C15H24. The molecule has 0 amide bonds. The third kappa shape index (κ3) is 0.867. The van der Waals surface area contributed by atoms with Crippen molar-refractivity contribution in [2.24, 2.45) is 22.2 Å². The van der Waals surface area contributed by atoms with Crippen LogP contribution in [0.15, 0.2) is 12.2 Å². The number of allylic oxidation sites excluding steroid dienone is 1. The van der Waals surface area contributed by atoms with E-state index in [0.717, 1.165) is 5.92 Å². The van der Waals surface area contributed by atoms with E-state index in [9.17, 15) is 0 Å². The first kappa shape index (κ1) is 9.93. The highest BCUT2D eigenvalue weighted by molar-refractivity contribution is 5.27. The molecule has 0 radical (unpaired) electrons. The molecule has 0 heterocycles. The van der Waals surface area contributed by atoms with Gasteiger partial charge in [-0.15, -0.1) is 0 Å². The summed E-state index contributed by atoms with van der Waals surface area (Å²) >= 11 is 0. The van der Waals surface area contributed by atoms with Gasteiger partial charge in [-0.2, -0.15) is 0 Å². The lowest BCUT2D eigenvalue weighted by atomic mass is 9.59. The number of hydrogen-bond acceptors (Lipinski definition) is 0. The molecule has 0 heteroatoms. The second-order valence-electron chi connectivity index (χ2n) is 7.04. The van der Waals surface area contributed by atoms with Gasteiger partial charge in [0.05, 0.1) is 0 Å². The van der Waals surface area contributed by atoms with Gasteiger partial charge >= 0.3 is 0 Å². The highest BCUT2D eigenvalue weighted by atomic mass is 14.7. The molecule has 15 heavy (non-hydrogen) atoms. The summed E-state index contributed by atoms with van der Waals surface area (Å²) in [5, 5.41) is 0. The molecule has 0 N–H and O–H groups in total. The summed E-state index contributed by atoms with van der Waals surface area (Å²) < 4.78 is 0. The van der Waals surface area contributed by atoms with Gasteiger partial charge in [0.2, 0.25) is 0 Å². The monoisotopic (exact) mass is 204 g/mol. The Morgan fingerprint density at radius 1 is 1.20 bits per heavy atom. The van der Waals surface area contributed by atoms with E-state index in [-0.39, 0.29) is 0 Å². The molecule has 3 aliphatic rings. The van der Waals surface area contributed by atoms with Gasteiger partial charge in [0.25, 0.3) is 0 Å². The molecular weight excluding hydrogens is 180 g/mol. The highest BCUT2D eigenvalue weighted by Gasteiger charge is 2.69. The zero-order chi connectivity index (χ0) is 10.9. The molecule has 3 rings (SSSR count). The van der Waals surface area contributed by atoms with Crippen LogP contribution in [0.5, 0.6) is 0 Å². The van der Waals surface area contributed by atoms with E-state index in [2.05, 4.69) is 27.4 Å². The van der Waals surface area contributed by atoms with Crippen LogP contribution in [0.3, 0.4) is 0 Å². The van der Waals surface area contributed by atoms with Crippen LogP contribution in [0.1, 0.15) is 59.3 Å². The molecule has 84 valence electrons. The van der Waals surface area contributed by atoms with E-state index in [4.69, 9.17) is 0 Å². The Labute approximate surface area is 94.1 Å². The van der Waals surface area contributed by atoms with Crippen LogP contribution in [0.4, 0.5) is 0 Å². The molecule has 3 aliphatic carbocycles. The van der Waals surface area contributed by atoms with Crippen molar-refractivity contribution in [2.45, 2.75) is 59.3 Å². The first-order valence-corrected chi connectivity index (χ1v) is 6.61. The molecule has 0 aromatic carbocycles. The third-order valence-corrected chi connectivity index (χ3v) is 6.67. The Morgan fingerprint density at radius 3 is 2.53 bits per heavy atom. The maximum Gasteiger partial charge on any atom is -0.00545 e.